The number of ether oxygens (including phenoxy) is 1. The summed E-state index contributed by atoms with van der Waals surface area (Å²) in [5.74, 6) is -0.980. The van der Waals surface area contributed by atoms with Crippen molar-refractivity contribution in [2.24, 2.45) is 0 Å². The van der Waals surface area contributed by atoms with Crippen LogP contribution in [0.15, 0.2) is 48.5 Å². The van der Waals surface area contributed by atoms with Crippen LogP contribution in [0.4, 0.5) is 4.79 Å². The molecule has 2 amide bonds. The van der Waals surface area contributed by atoms with Crippen molar-refractivity contribution >= 4 is 18.0 Å². The first-order chi connectivity index (χ1) is 16.4. The average Bonchev–Trinajstić information content (AvgIpc) is 3.09. The van der Waals surface area contributed by atoms with Crippen LogP contribution in [-0.2, 0) is 14.3 Å². The van der Waals surface area contributed by atoms with Crippen molar-refractivity contribution < 1.29 is 24.2 Å². The predicted octanol–water partition coefficient (Wildman–Crippen LogP) is 4.60. The van der Waals surface area contributed by atoms with Gasteiger partial charge in [0.15, 0.2) is 0 Å². The van der Waals surface area contributed by atoms with Crippen molar-refractivity contribution in [3.05, 3.63) is 59.7 Å². The molecule has 0 saturated heterocycles. The topological polar surface area (TPSA) is 105 Å². The van der Waals surface area contributed by atoms with Gasteiger partial charge in [-0.1, -0.05) is 48.5 Å². The third-order valence-corrected chi connectivity index (χ3v) is 6.96. The first-order valence-corrected chi connectivity index (χ1v) is 12.0. The number of hydrogen-bond acceptors (Lipinski definition) is 4. The Labute approximate surface area is 199 Å². The third kappa shape index (κ3) is 5.41. The van der Waals surface area contributed by atoms with Gasteiger partial charge in [0.05, 0.1) is 5.54 Å². The second-order valence-corrected chi connectivity index (χ2v) is 9.52. The van der Waals surface area contributed by atoms with E-state index < -0.39 is 17.6 Å². The van der Waals surface area contributed by atoms with Gasteiger partial charge < -0.3 is 20.5 Å². The maximum atomic E-state index is 12.7. The highest BCUT2D eigenvalue weighted by Crippen LogP contribution is 2.44. The number of carboxylic acids is 1. The summed E-state index contributed by atoms with van der Waals surface area (Å²) >= 11 is 0. The van der Waals surface area contributed by atoms with Crippen LogP contribution in [0.5, 0.6) is 0 Å². The zero-order valence-electron chi connectivity index (χ0n) is 19.5. The molecule has 3 N–H and O–H groups in total. The third-order valence-electron chi connectivity index (χ3n) is 6.96. The monoisotopic (exact) mass is 464 g/mol. The summed E-state index contributed by atoms with van der Waals surface area (Å²) in [6.07, 6.45) is 3.32. The first kappa shape index (κ1) is 23.8. The molecule has 7 heteroatoms. The minimum absolute atomic E-state index is 0.00885. The number of amides is 2. The lowest BCUT2D eigenvalue weighted by Crippen LogP contribution is -2.56. The number of hydrogen-bond donors (Lipinski definition) is 3. The summed E-state index contributed by atoms with van der Waals surface area (Å²) in [5, 5.41) is 14.6. The highest BCUT2D eigenvalue weighted by molar-refractivity contribution is 5.80. The van der Waals surface area contributed by atoms with Crippen LogP contribution in [-0.4, -0.2) is 41.3 Å². The van der Waals surface area contributed by atoms with E-state index in [1.54, 1.807) is 0 Å². The Bertz CT molecular complexity index is 1020. The lowest BCUT2D eigenvalue weighted by atomic mass is 9.74. The fourth-order valence-electron chi connectivity index (χ4n) is 5.07. The standard InChI is InChI=1S/C27H32N2O5/c1-18(8-6-13-25(31)32)28-24(30)16-27(14-7-15-27)29-26(33)34-17-23-21-11-4-2-9-19(21)20-10-3-5-12-22(20)23/h2-5,9-12,18,23H,6-8,13-17H2,1H3,(H,28,30)(H,29,33)(H,31,32). The van der Waals surface area contributed by atoms with Crippen LogP contribution in [0.1, 0.15) is 68.9 Å². The first-order valence-electron chi connectivity index (χ1n) is 12.0. The molecule has 7 nitrogen and oxygen atoms in total. The van der Waals surface area contributed by atoms with Crippen molar-refractivity contribution in [2.45, 2.75) is 69.4 Å². The van der Waals surface area contributed by atoms with Gasteiger partial charge in [-0.3, -0.25) is 9.59 Å². The lowest BCUT2D eigenvalue weighted by molar-refractivity contribution is -0.137. The van der Waals surface area contributed by atoms with Crippen LogP contribution in [0.25, 0.3) is 11.1 Å². The van der Waals surface area contributed by atoms with Gasteiger partial charge in [-0.25, -0.2) is 4.79 Å². The molecule has 2 aliphatic rings. The Balaban J connectivity index is 1.30. The second-order valence-electron chi connectivity index (χ2n) is 9.52. The van der Waals surface area contributed by atoms with E-state index in [4.69, 9.17) is 9.84 Å². The summed E-state index contributed by atoms with van der Waals surface area (Å²) < 4.78 is 5.67. The predicted molar refractivity (Wildman–Crippen MR) is 128 cm³/mol. The van der Waals surface area contributed by atoms with Crippen molar-refractivity contribution in [3.8, 4) is 11.1 Å². The van der Waals surface area contributed by atoms with Gasteiger partial charge in [0.1, 0.15) is 6.61 Å². The number of benzene rings is 2. The number of aliphatic carboxylic acids is 1. The van der Waals surface area contributed by atoms with Crippen LogP contribution in [0.3, 0.4) is 0 Å². The highest BCUT2D eigenvalue weighted by Gasteiger charge is 2.41. The summed E-state index contributed by atoms with van der Waals surface area (Å²) in [5.41, 5.74) is 4.10. The summed E-state index contributed by atoms with van der Waals surface area (Å²) in [6.45, 7) is 2.11. The molecular weight excluding hydrogens is 432 g/mol. The lowest BCUT2D eigenvalue weighted by Gasteiger charge is -2.41. The van der Waals surface area contributed by atoms with Gasteiger partial charge in [-0.2, -0.15) is 0 Å². The molecule has 0 heterocycles. The summed E-state index contributed by atoms with van der Waals surface area (Å²) in [4.78, 5) is 35.9. The average molecular weight is 465 g/mol. The Morgan fingerprint density at radius 2 is 1.68 bits per heavy atom. The molecule has 34 heavy (non-hydrogen) atoms. The molecule has 0 aromatic heterocycles. The normalized spacial score (nSPS) is 16.5. The molecule has 1 saturated carbocycles. The largest absolute Gasteiger partial charge is 0.481 e. The van der Waals surface area contributed by atoms with E-state index in [0.29, 0.717) is 12.8 Å². The molecule has 4 rings (SSSR count). The number of fused-ring (bicyclic) bond motifs is 3. The van der Waals surface area contributed by atoms with Crippen molar-refractivity contribution in [1.82, 2.24) is 10.6 Å². The van der Waals surface area contributed by atoms with Gasteiger partial charge in [-0.15, -0.1) is 0 Å². The molecule has 2 aromatic rings. The Morgan fingerprint density at radius 3 is 2.24 bits per heavy atom. The smallest absolute Gasteiger partial charge is 0.407 e. The number of rotatable bonds is 10. The minimum Gasteiger partial charge on any atom is -0.481 e. The summed E-state index contributed by atoms with van der Waals surface area (Å²) in [6, 6.07) is 16.3. The molecular formula is C27H32N2O5. The van der Waals surface area contributed by atoms with Crippen LogP contribution < -0.4 is 10.6 Å². The van der Waals surface area contributed by atoms with Crippen LogP contribution in [0, 0.1) is 0 Å². The fraction of sp³-hybridized carbons (Fsp3) is 0.444. The molecule has 2 aromatic carbocycles. The molecule has 0 aliphatic heterocycles. The van der Waals surface area contributed by atoms with E-state index in [9.17, 15) is 14.4 Å². The van der Waals surface area contributed by atoms with Gasteiger partial charge in [0.25, 0.3) is 0 Å². The number of carbonyl (C=O) groups excluding carboxylic acids is 2. The molecule has 180 valence electrons. The SMILES string of the molecule is CC(CCCC(=O)O)NC(=O)CC1(NC(=O)OCC2c3ccccc3-c3ccccc32)CCC1. The van der Waals surface area contributed by atoms with E-state index in [1.807, 2.05) is 31.2 Å². The minimum atomic E-state index is -0.834. The van der Waals surface area contributed by atoms with E-state index in [1.165, 1.54) is 11.1 Å². The van der Waals surface area contributed by atoms with Crippen LogP contribution >= 0.6 is 0 Å². The van der Waals surface area contributed by atoms with Gasteiger partial charge >= 0.3 is 12.1 Å². The highest BCUT2D eigenvalue weighted by atomic mass is 16.5. The molecule has 1 atom stereocenters. The maximum Gasteiger partial charge on any atom is 0.407 e. The zero-order valence-corrected chi connectivity index (χ0v) is 19.5. The van der Waals surface area contributed by atoms with Crippen molar-refractivity contribution in [1.29, 1.82) is 0 Å². The Hall–Kier alpha value is -3.35. The van der Waals surface area contributed by atoms with Crippen LogP contribution in [0.2, 0.25) is 0 Å². The number of nitrogens with one attached hydrogen (secondary N) is 2. The Kier molecular flexibility index (Phi) is 7.20. The molecule has 0 bridgehead atoms. The quantitative estimate of drug-likeness (QED) is 0.477. The maximum absolute atomic E-state index is 12.7. The number of carboxylic acid groups (broad SMARTS) is 1. The number of alkyl carbamates (subject to hydrolysis) is 1. The molecule has 0 radical (unpaired) electrons. The second kappa shape index (κ2) is 10.3. The van der Waals surface area contributed by atoms with E-state index in [0.717, 1.165) is 30.4 Å². The molecule has 1 unspecified atom stereocenters. The Morgan fingerprint density at radius 1 is 1.06 bits per heavy atom. The van der Waals surface area contributed by atoms with E-state index in [2.05, 4.69) is 34.9 Å². The molecule has 2 aliphatic carbocycles. The van der Waals surface area contributed by atoms with Crippen molar-refractivity contribution in [2.75, 3.05) is 6.61 Å². The fourth-order valence-corrected chi connectivity index (χ4v) is 5.07. The van der Waals surface area contributed by atoms with Crippen molar-refractivity contribution in [3.63, 3.8) is 0 Å². The zero-order chi connectivity index (χ0) is 24.1. The van der Waals surface area contributed by atoms with Gasteiger partial charge in [0, 0.05) is 24.8 Å². The summed E-state index contributed by atoms with van der Waals surface area (Å²) in [7, 11) is 0. The molecule has 0 spiro atoms. The van der Waals surface area contributed by atoms with Gasteiger partial charge in [0.2, 0.25) is 5.91 Å². The van der Waals surface area contributed by atoms with E-state index >= 15 is 0 Å². The number of carbonyl (C=O) groups is 3. The van der Waals surface area contributed by atoms with Gasteiger partial charge in [-0.05, 0) is 61.3 Å². The molecule has 1 fully saturated rings. The van der Waals surface area contributed by atoms with E-state index in [-0.39, 0.29) is 37.3 Å².